The van der Waals surface area contributed by atoms with Crippen molar-refractivity contribution >= 4 is 112 Å². The molecule has 0 bridgehead atoms. The molecule has 418 valence electrons. The quantitative estimate of drug-likeness (QED) is 0.0794. The summed E-state index contributed by atoms with van der Waals surface area (Å²) < 4.78 is 0. The van der Waals surface area contributed by atoms with E-state index in [9.17, 15) is 0 Å². The molecule has 88 heavy (non-hydrogen) atoms. The first-order chi connectivity index (χ1) is 43.7. The number of benzene rings is 15. The highest BCUT2D eigenvalue weighted by atomic mass is 28.3. The monoisotopic (exact) mass is 1140 g/mol. The van der Waals surface area contributed by atoms with Crippen LogP contribution in [0.25, 0.3) is 43.4 Å². The first-order valence-corrected chi connectivity index (χ1v) is 32.2. The van der Waals surface area contributed by atoms with Crippen LogP contribution in [0.3, 0.4) is 0 Å². The van der Waals surface area contributed by atoms with Gasteiger partial charge in [0.2, 0.25) is 0 Å². The Kier molecular flexibility index (Phi) is 15.6. The molecule has 0 fully saturated rings. The summed E-state index contributed by atoms with van der Waals surface area (Å²) in [5.41, 5.74) is 12.6. The second-order valence-corrected chi connectivity index (χ2v) is 25.8. The molecule has 0 unspecified atom stereocenters. The molecule has 0 heterocycles. The zero-order valence-electron chi connectivity index (χ0n) is 48.7. The van der Waals surface area contributed by atoms with E-state index in [-0.39, 0.29) is 0 Å². The van der Waals surface area contributed by atoms with Crippen LogP contribution in [-0.4, -0.2) is 8.07 Å². The first-order valence-electron chi connectivity index (χ1n) is 30.2. The summed E-state index contributed by atoms with van der Waals surface area (Å²) in [5.74, 6) is 0. The van der Waals surface area contributed by atoms with Gasteiger partial charge in [-0.2, -0.15) is 0 Å². The smallest absolute Gasteiger partial charge is 0.179 e. The number of para-hydroxylation sites is 3. The molecule has 15 rings (SSSR count). The van der Waals surface area contributed by atoms with Crippen molar-refractivity contribution in [1.82, 2.24) is 0 Å². The third kappa shape index (κ3) is 10.8. The van der Waals surface area contributed by atoms with Crippen molar-refractivity contribution in [3.8, 4) is 11.1 Å². The predicted octanol–water partition coefficient (Wildman–Crippen LogP) is 20.3. The minimum absolute atomic E-state index is 1.12. The van der Waals surface area contributed by atoms with Crippen molar-refractivity contribution in [3.63, 3.8) is 0 Å². The third-order valence-corrected chi connectivity index (χ3v) is 21.6. The molecule has 3 nitrogen and oxygen atoms in total. The van der Waals surface area contributed by atoms with Gasteiger partial charge in [0.15, 0.2) is 8.07 Å². The van der Waals surface area contributed by atoms with Crippen LogP contribution in [0.5, 0.6) is 0 Å². The van der Waals surface area contributed by atoms with Gasteiger partial charge >= 0.3 is 0 Å². The maximum Gasteiger partial charge on any atom is 0.179 e. The molecule has 0 saturated heterocycles. The Morgan fingerprint density at radius 1 is 0.159 bits per heavy atom. The fraction of sp³-hybridized carbons (Fsp3) is 0. The average Bonchev–Trinajstić information content (AvgIpc) is 1.11. The normalized spacial score (nSPS) is 11.2. The Balaban J connectivity index is 0.000000155. The van der Waals surface area contributed by atoms with E-state index in [0.717, 1.165) is 45.5 Å². The van der Waals surface area contributed by atoms with Crippen LogP contribution in [0.2, 0.25) is 0 Å². The van der Waals surface area contributed by atoms with Gasteiger partial charge in [-0.3, -0.25) is 0 Å². The van der Waals surface area contributed by atoms with E-state index >= 15 is 0 Å². The molecule has 0 aliphatic rings. The Bertz CT molecular complexity index is 4480. The number of anilines is 9. The van der Waals surface area contributed by atoms with E-state index in [0.29, 0.717) is 0 Å². The third-order valence-electron chi connectivity index (χ3n) is 16.8. The van der Waals surface area contributed by atoms with Crippen LogP contribution in [0, 0.1) is 0 Å². The largest absolute Gasteiger partial charge is 0.310 e. The summed E-state index contributed by atoms with van der Waals surface area (Å²) in [7, 11) is -2.58. The van der Waals surface area contributed by atoms with Crippen LogP contribution in [-0.2, 0) is 0 Å². The van der Waals surface area contributed by atoms with Gasteiger partial charge < -0.3 is 14.7 Å². The van der Waals surface area contributed by atoms with Gasteiger partial charge in [0, 0.05) is 50.3 Å². The summed E-state index contributed by atoms with van der Waals surface area (Å²) in [5, 5.41) is 12.9. The van der Waals surface area contributed by atoms with Gasteiger partial charge in [-0.15, -0.1) is 0 Å². The Labute approximate surface area is 517 Å². The number of hydrogen-bond acceptors (Lipinski definition) is 3. The highest BCUT2D eigenvalue weighted by molar-refractivity contribution is 7.19. The zero-order chi connectivity index (χ0) is 58.9. The summed E-state index contributed by atoms with van der Waals surface area (Å²) in [6.07, 6.45) is 0. The first kappa shape index (κ1) is 54.6. The van der Waals surface area contributed by atoms with E-state index in [1.54, 1.807) is 0 Å². The summed E-state index contributed by atoms with van der Waals surface area (Å²) in [6, 6.07) is 138. The highest BCUT2D eigenvalue weighted by Crippen LogP contribution is 2.43. The van der Waals surface area contributed by atoms with Gasteiger partial charge in [-0.25, -0.2) is 0 Å². The molecule has 0 spiro atoms. The topological polar surface area (TPSA) is 9.72 Å². The molecule has 15 aromatic carbocycles. The fourth-order valence-corrected chi connectivity index (χ4v) is 17.5. The molecular formula is C84H63N3Si. The summed E-state index contributed by atoms with van der Waals surface area (Å²) >= 11 is 0. The van der Waals surface area contributed by atoms with Crippen molar-refractivity contribution in [3.05, 3.63) is 382 Å². The van der Waals surface area contributed by atoms with Crippen molar-refractivity contribution in [2.75, 3.05) is 14.7 Å². The molecule has 15 aromatic rings. The summed E-state index contributed by atoms with van der Waals surface area (Å²) in [4.78, 5) is 7.07. The van der Waals surface area contributed by atoms with Crippen LogP contribution in [0.15, 0.2) is 382 Å². The molecule has 4 heteroatoms. The van der Waals surface area contributed by atoms with E-state index in [4.69, 9.17) is 0 Å². The standard InChI is InChI=1S/C44H32N2.C40H31NSi/c1-3-17-37(18-4-1)45(43-23-11-15-35-13-7-9-21-41(35)43)39-29-25-33(26-30-39)34-27-31-40(32-28-34)46(38-19-5-2-6-20-38)44-24-12-16-36-14-8-10-22-42(36)44;1-5-18-33(19-6-1)41(40-27-15-17-32-16-13-14-26-39(32)40)34-28-30-38(31-29-34)42(35-20-7-2-8-21-35,36-22-9-3-10-23-36)37-24-11-4-12-25-37/h1-32H;1-31H. The van der Waals surface area contributed by atoms with Crippen molar-refractivity contribution in [2.24, 2.45) is 0 Å². The molecule has 0 saturated carbocycles. The van der Waals surface area contributed by atoms with Crippen LogP contribution < -0.4 is 35.4 Å². The average molecular weight is 1140 g/mol. The minimum Gasteiger partial charge on any atom is -0.310 e. The molecular weight excluding hydrogens is 1080 g/mol. The lowest BCUT2D eigenvalue weighted by Gasteiger charge is -2.35. The van der Waals surface area contributed by atoms with Gasteiger partial charge in [-0.1, -0.05) is 291 Å². The lowest BCUT2D eigenvalue weighted by Crippen LogP contribution is -2.74. The lowest BCUT2D eigenvalue weighted by atomic mass is 10.0. The Morgan fingerprint density at radius 3 is 0.670 bits per heavy atom. The molecule has 0 N–H and O–H groups in total. The van der Waals surface area contributed by atoms with Crippen LogP contribution in [0.4, 0.5) is 51.2 Å². The number of fused-ring (bicyclic) bond motifs is 3. The van der Waals surface area contributed by atoms with Crippen molar-refractivity contribution in [1.29, 1.82) is 0 Å². The van der Waals surface area contributed by atoms with Gasteiger partial charge in [0.1, 0.15) is 0 Å². The molecule has 0 aliphatic carbocycles. The zero-order valence-corrected chi connectivity index (χ0v) is 49.7. The number of rotatable bonds is 14. The van der Waals surface area contributed by atoms with Gasteiger partial charge in [0.05, 0.1) is 17.1 Å². The molecule has 0 aliphatic heterocycles. The minimum atomic E-state index is -2.58. The Hall–Kier alpha value is -11.3. The van der Waals surface area contributed by atoms with E-state index < -0.39 is 8.07 Å². The van der Waals surface area contributed by atoms with Crippen LogP contribution >= 0.6 is 0 Å². The maximum absolute atomic E-state index is 2.58. The Morgan fingerprint density at radius 2 is 0.375 bits per heavy atom. The lowest BCUT2D eigenvalue weighted by molar-refractivity contribution is 1.29. The van der Waals surface area contributed by atoms with Crippen molar-refractivity contribution in [2.45, 2.75) is 0 Å². The maximum atomic E-state index is 2.38. The van der Waals surface area contributed by atoms with Gasteiger partial charge in [-0.05, 0) is 139 Å². The second-order valence-electron chi connectivity index (χ2n) is 22.0. The SMILES string of the molecule is c1ccc(N(c2ccc(-c3ccc(N(c4ccccc4)c4cccc5ccccc45)cc3)cc2)c2cccc3ccccc23)cc1.c1ccc(N(c2ccc([Si](c3ccccc3)(c3ccccc3)c3ccccc3)cc2)c2cccc3ccccc23)cc1. The molecule has 0 amide bonds. The molecule has 0 atom stereocenters. The van der Waals surface area contributed by atoms with Gasteiger partial charge in [0.25, 0.3) is 0 Å². The molecule has 0 radical (unpaired) electrons. The van der Waals surface area contributed by atoms with E-state index in [1.807, 2.05) is 0 Å². The number of nitrogens with zero attached hydrogens (tertiary/aromatic N) is 3. The van der Waals surface area contributed by atoms with E-state index in [1.165, 1.54) is 69.9 Å². The second kappa shape index (κ2) is 25.1. The summed E-state index contributed by atoms with van der Waals surface area (Å²) in [6.45, 7) is 0. The highest BCUT2D eigenvalue weighted by Gasteiger charge is 2.41. The fourth-order valence-electron chi connectivity index (χ4n) is 12.8. The van der Waals surface area contributed by atoms with Crippen LogP contribution in [0.1, 0.15) is 0 Å². The number of hydrogen-bond donors (Lipinski definition) is 0. The molecule has 0 aromatic heterocycles. The van der Waals surface area contributed by atoms with Crippen molar-refractivity contribution < 1.29 is 0 Å². The van der Waals surface area contributed by atoms with E-state index in [2.05, 4.69) is 397 Å². The predicted molar refractivity (Wildman–Crippen MR) is 379 cm³/mol.